The van der Waals surface area contributed by atoms with Crippen LogP contribution < -0.4 is 0 Å². The van der Waals surface area contributed by atoms with E-state index < -0.39 is 5.60 Å². The van der Waals surface area contributed by atoms with Gasteiger partial charge in [-0.2, -0.15) is 0 Å². The lowest BCUT2D eigenvalue weighted by Gasteiger charge is -2.33. The van der Waals surface area contributed by atoms with Crippen molar-refractivity contribution in [3.05, 3.63) is 58.7 Å². The number of ether oxygens (including phenoxy) is 3. The Labute approximate surface area is 181 Å². The second kappa shape index (κ2) is 6.54. The number of carbonyl (C=O) groups is 1. The normalized spacial score (nSPS) is 39.4. The predicted octanol–water partition coefficient (Wildman–Crippen LogP) is 1.71. The number of nitrogens with zero attached hydrogens (tertiary/aromatic N) is 1. The van der Waals surface area contributed by atoms with E-state index in [9.17, 15) is 9.90 Å². The summed E-state index contributed by atoms with van der Waals surface area (Å²) in [5.41, 5.74) is 2.75. The molecule has 31 heavy (non-hydrogen) atoms. The number of aliphatic hydroxyl groups is 1. The summed E-state index contributed by atoms with van der Waals surface area (Å²) in [7, 11) is 3.49. The molecule has 0 amide bonds. The van der Waals surface area contributed by atoms with Gasteiger partial charge in [0.2, 0.25) is 0 Å². The molecule has 6 atom stereocenters. The van der Waals surface area contributed by atoms with Gasteiger partial charge >= 0.3 is 5.97 Å². The number of methoxy groups -OCH3 is 2. The molecular weight excluding hydrogens is 394 g/mol. The summed E-state index contributed by atoms with van der Waals surface area (Å²) in [6.45, 7) is 0.0132. The largest absolute Gasteiger partial charge is 0.449 e. The Bertz CT molecular complexity index is 1070. The molecule has 160 valence electrons. The summed E-state index contributed by atoms with van der Waals surface area (Å²) in [6.07, 6.45) is 6.59. The van der Waals surface area contributed by atoms with E-state index in [1.165, 1.54) is 0 Å². The summed E-state index contributed by atoms with van der Waals surface area (Å²) in [6, 6.07) is 7.80. The van der Waals surface area contributed by atoms with E-state index in [1.54, 1.807) is 20.3 Å². The number of aliphatic hydroxyl groups excluding tert-OH is 1. The number of hydrogen-bond acceptors (Lipinski definition) is 6. The summed E-state index contributed by atoms with van der Waals surface area (Å²) in [5.74, 6) is 6.26. The fourth-order valence-electron chi connectivity index (χ4n) is 6.63. The molecule has 1 aromatic rings. The molecule has 1 saturated carbocycles. The molecule has 2 spiro atoms. The molecular formula is C25H25NO5. The van der Waals surface area contributed by atoms with Crippen molar-refractivity contribution in [1.29, 1.82) is 0 Å². The van der Waals surface area contributed by atoms with Gasteiger partial charge in [-0.25, -0.2) is 4.79 Å². The molecule has 0 radical (unpaired) electrons. The van der Waals surface area contributed by atoms with E-state index in [2.05, 4.69) is 22.8 Å². The predicted molar refractivity (Wildman–Crippen MR) is 112 cm³/mol. The molecule has 6 rings (SSSR count). The van der Waals surface area contributed by atoms with Crippen molar-refractivity contribution in [2.75, 3.05) is 14.2 Å². The third-order valence-corrected chi connectivity index (χ3v) is 7.83. The first-order chi connectivity index (χ1) is 15.1. The zero-order valence-corrected chi connectivity index (χ0v) is 17.6. The van der Waals surface area contributed by atoms with Gasteiger partial charge in [-0.3, -0.25) is 4.90 Å². The van der Waals surface area contributed by atoms with E-state index in [-0.39, 0.29) is 42.4 Å². The smallest absolute Gasteiger partial charge is 0.332 e. The quantitative estimate of drug-likeness (QED) is 0.594. The maximum absolute atomic E-state index is 12.4. The zero-order chi connectivity index (χ0) is 21.4. The summed E-state index contributed by atoms with van der Waals surface area (Å²) in [4.78, 5) is 14.9. The van der Waals surface area contributed by atoms with E-state index in [0.717, 1.165) is 41.5 Å². The molecule has 2 bridgehead atoms. The first-order valence-electron chi connectivity index (χ1n) is 10.8. The Balaban J connectivity index is 1.40. The second-order valence-corrected chi connectivity index (χ2v) is 9.09. The van der Waals surface area contributed by atoms with Crippen LogP contribution in [0.5, 0.6) is 0 Å². The Kier molecular flexibility index (Phi) is 4.06. The Hall–Kier alpha value is -2.43. The Morgan fingerprint density at radius 2 is 1.94 bits per heavy atom. The molecule has 1 aromatic carbocycles. The number of carbonyl (C=O) groups excluding carboxylic acids is 1. The van der Waals surface area contributed by atoms with Crippen molar-refractivity contribution >= 4 is 5.97 Å². The highest BCUT2D eigenvalue weighted by atomic mass is 16.6. The van der Waals surface area contributed by atoms with Crippen LogP contribution in [-0.4, -0.2) is 65.6 Å². The third kappa shape index (κ3) is 2.41. The topological polar surface area (TPSA) is 68.2 Å². The van der Waals surface area contributed by atoms with Gasteiger partial charge in [0.15, 0.2) is 5.60 Å². The minimum Gasteiger partial charge on any atom is -0.449 e. The van der Waals surface area contributed by atoms with Gasteiger partial charge in [0.05, 0.1) is 18.2 Å². The Morgan fingerprint density at radius 1 is 1.19 bits per heavy atom. The van der Waals surface area contributed by atoms with Crippen molar-refractivity contribution in [2.24, 2.45) is 0 Å². The Morgan fingerprint density at radius 3 is 2.61 bits per heavy atom. The van der Waals surface area contributed by atoms with Crippen LogP contribution in [0.15, 0.2) is 47.6 Å². The highest BCUT2D eigenvalue weighted by Gasteiger charge is 2.79. The number of fused-ring (bicyclic) bond motifs is 4. The molecule has 0 aromatic heterocycles. The van der Waals surface area contributed by atoms with Gasteiger partial charge in [-0.05, 0) is 30.5 Å². The van der Waals surface area contributed by atoms with Crippen LogP contribution in [0.2, 0.25) is 0 Å². The van der Waals surface area contributed by atoms with Crippen molar-refractivity contribution in [3.63, 3.8) is 0 Å². The van der Waals surface area contributed by atoms with Gasteiger partial charge in [0.1, 0.15) is 12.2 Å². The minimum absolute atomic E-state index is 0.0132. The molecule has 3 heterocycles. The fourth-order valence-corrected chi connectivity index (χ4v) is 6.63. The molecule has 2 saturated heterocycles. The first kappa shape index (κ1) is 19.3. The molecule has 6 nitrogen and oxygen atoms in total. The van der Waals surface area contributed by atoms with E-state index >= 15 is 0 Å². The first-order valence-corrected chi connectivity index (χ1v) is 10.8. The highest BCUT2D eigenvalue weighted by Crippen LogP contribution is 2.65. The zero-order valence-electron chi connectivity index (χ0n) is 17.6. The van der Waals surface area contributed by atoms with Crippen molar-refractivity contribution < 1.29 is 24.1 Å². The highest BCUT2D eigenvalue weighted by molar-refractivity contribution is 5.90. The average Bonchev–Trinajstić information content (AvgIpc) is 3.02. The van der Waals surface area contributed by atoms with Crippen LogP contribution in [0.3, 0.4) is 0 Å². The van der Waals surface area contributed by atoms with E-state index in [1.807, 2.05) is 24.3 Å². The SMILES string of the molecule is COC1[C@@H](OC)C12CC[C@H]1N2[C@@H]2C=C(C#Cc3ccc(CO)cc3)C3=CC(=O)O[C@@]31C2. The monoisotopic (exact) mass is 419 g/mol. The second-order valence-electron chi connectivity index (χ2n) is 9.09. The standard InChI is InChI=1S/C25H25NO5/c1-29-22-23(30-2)24(22)10-9-20-25-13-18(26(20)24)11-17(19(25)12-21(28)31-25)8-7-15-3-5-16(14-27)6-4-15/h3-6,11-12,18,20,22-23,27H,9-10,13-14H2,1-2H3/t18-,20-,22-,23?,24?,25+/m1/s1. The number of rotatable bonds is 3. The molecule has 6 heteroatoms. The maximum atomic E-state index is 12.4. The van der Waals surface area contributed by atoms with Gasteiger partial charge < -0.3 is 19.3 Å². The van der Waals surface area contributed by atoms with Crippen molar-refractivity contribution in [1.82, 2.24) is 4.90 Å². The van der Waals surface area contributed by atoms with Crippen LogP contribution in [0, 0.1) is 11.8 Å². The number of benzene rings is 1. The lowest BCUT2D eigenvalue weighted by molar-refractivity contribution is -0.147. The molecule has 5 aliphatic rings. The summed E-state index contributed by atoms with van der Waals surface area (Å²) in [5, 5.41) is 9.23. The molecule has 1 N–H and O–H groups in total. The van der Waals surface area contributed by atoms with Crippen molar-refractivity contribution in [2.45, 2.75) is 61.3 Å². The summed E-state index contributed by atoms with van der Waals surface area (Å²) < 4.78 is 17.6. The van der Waals surface area contributed by atoms with Crippen LogP contribution >= 0.6 is 0 Å². The van der Waals surface area contributed by atoms with Crippen LogP contribution in [0.4, 0.5) is 0 Å². The van der Waals surface area contributed by atoms with Crippen molar-refractivity contribution in [3.8, 4) is 11.8 Å². The molecule has 3 fully saturated rings. The van der Waals surface area contributed by atoms with Gasteiger partial charge in [0.25, 0.3) is 0 Å². The molecule has 3 aliphatic heterocycles. The fraction of sp³-hybridized carbons (Fsp3) is 0.480. The van der Waals surface area contributed by atoms with Gasteiger partial charge in [-0.15, -0.1) is 0 Å². The number of hydrogen-bond donors (Lipinski definition) is 1. The minimum atomic E-state index is -0.621. The number of esters is 1. The maximum Gasteiger partial charge on any atom is 0.332 e. The summed E-state index contributed by atoms with van der Waals surface area (Å²) >= 11 is 0. The van der Waals surface area contributed by atoms with Gasteiger partial charge in [-0.1, -0.05) is 30.0 Å². The molecule has 2 unspecified atom stereocenters. The average molecular weight is 419 g/mol. The van der Waals surface area contributed by atoms with E-state index in [4.69, 9.17) is 14.2 Å². The van der Waals surface area contributed by atoms with Crippen LogP contribution in [-0.2, 0) is 25.6 Å². The van der Waals surface area contributed by atoms with E-state index in [0.29, 0.717) is 0 Å². The lowest BCUT2D eigenvalue weighted by atomic mass is 9.77. The van der Waals surface area contributed by atoms with Crippen LogP contribution in [0.25, 0.3) is 0 Å². The third-order valence-electron chi connectivity index (χ3n) is 7.83. The lowest BCUT2D eigenvalue weighted by Crippen LogP contribution is -2.47. The van der Waals surface area contributed by atoms with Gasteiger partial charge in [0, 0.05) is 49.5 Å². The molecule has 2 aliphatic carbocycles. The van der Waals surface area contributed by atoms with Crippen LogP contribution in [0.1, 0.15) is 30.4 Å².